The van der Waals surface area contributed by atoms with Gasteiger partial charge in [0.1, 0.15) is 0 Å². The third kappa shape index (κ3) is 4.26. The lowest BCUT2D eigenvalue weighted by Crippen LogP contribution is -2.41. The van der Waals surface area contributed by atoms with Crippen LogP contribution in [0.1, 0.15) is 31.2 Å². The molecular weight excluding hydrogens is 308 g/mol. The fourth-order valence-corrected chi connectivity index (χ4v) is 3.22. The van der Waals surface area contributed by atoms with Gasteiger partial charge in [-0.15, -0.1) is 0 Å². The highest BCUT2D eigenvalue weighted by molar-refractivity contribution is 6.30. The van der Waals surface area contributed by atoms with Crippen LogP contribution < -0.4 is 5.32 Å². The lowest BCUT2D eigenvalue weighted by atomic mass is 10.1. The number of amides is 2. The number of rotatable bonds is 4. The minimum absolute atomic E-state index is 0.0388. The van der Waals surface area contributed by atoms with Gasteiger partial charge >= 0.3 is 6.03 Å². The van der Waals surface area contributed by atoms with Crippen molar-refractivity contribution in [3.05, 3.63) is 65.2 Å². The SMILES string of the molecule is O=C(Nc1ccc(Cl)cc1)N(Cc1ccccc1)C1CCCC1. The van der Waals surface area contributed by atoms with Gasteiger partial charge in [-0.1, -0.05) is 54.8 Å². The second-order valence-corrected chi connectivity index (χ2v) is 6.43. The van der Waals surface area contributed by atoms with Crippen LogP contribution in [-0.2, 0) is 6.54 Å². The molecule has 4 heteroatoms. The fourth-order valence-electron chi connectivity index (χ4n) is 3.09. The maximum atomic E-state index is 12.8. The van der Waals surface area contributed by atoms with Crippen LogP contribution in [0.4, 0.5) is 10.5 Å². The maximum Gasteiger partial charge on any atom is 0.322 e. The topological polar surface area (TPSA) is 32.3 Å². The van der Waals surface area contributed by atoms with Gasteiger partial charge in [-0.3, -0.25) is 0 Å². The Balaban J connectivity index is 1.73. The van der Waals surface area contributed by atoms with Crippen molar-refractivity contribution in [2.75, 3.05) is 5.32 Å². The van der Waals surface area contributed by atoms with Crippen molar-refractivity contribution in [2.24, 2.45) is 0 Å². The number of nitrogens with zero attached hydrogens (tertiary/aromatic N) is 1. The molecule has 0 heterocycles. The molecule has 0 aromatic heterocycles. The molecule has 0 unspecified atom stereocenters. The monoisotopic (exact) mass is 328 g/mol. The molecule has 0 radical (unpaired) electrons. The van der Waals surface area contributed by atoms with Gasteiger partial charge < -0.3 is 10.2 Å². The highest BCUT2D eigenvalue weighted by Gasteiger charge is 2.26. The summed E-state index contributed by atoms with van der Waals surface area (Å²) in [7, 11) is 0. The summed E-state index contributed by atoms with van der Waals surface area (Å²) in [4.78, 5) is 14.7. The molecule has 2 aromatic carbocycles. The molecular formula is C19H21ClN2O. The predicted octanol–water partition coefficient (Wildman–Crippen LogP) is 5.32. The number of hydrogen-bond donors (Lipinski definition) is 1. The quantitative estimate of drug-likeness (QED) is 0.809. The summed E-state index contributed by atoms with van der Waals surface area (Å²) in [6.07, 6.45) is 4.57. The maximum absolute atomic E-state index is 12.8. The van der Waals surface area contributed by atoms with Crippen molar-refractivity contribution in [2.45, 2.75) is 38.3 Å². The number of urea groups is 1. The molecule has 0 saturated heterocycles. The van der Waals surface area contributed by atoms with E-state index in [1.807, 2.05) is 35.2 Å². The summed E-state index contributed by atoms with van der Waals surface area (Å²) in [5.41, 5.74) is 1.93. The third-order valence-electron chi connectivity index (χ3n) is 4.32. The molecule has 1 fully saturated rings. The van der Waals surface area contributed by atoms with Crippen molar-refractivity contribution in [1.82, 2.24) is 4.90 Å². The van der Waals surface area contributed by atoms with Gasteiger partial charge in [0.2, 0.25) is 0 Å². The molecule has 1 aliphatic rings. The van der Waals surface area contributed by atoms with E-state index in [9.17, 15) is 4.79 Å². The number of anilines is 1. The standard InChI is InChI=1S/C19H21ClN2O/c20-16-10-12-17(13-11-16)21-19(23)22(18-8-4-5-9-18)14-15-6-2-1-3-7-15/h1-3,6-7,10-13,18H,4-5,8-9,14H2,(H,21,23). The van der Waals surface area contributed by atoms with E-state index in [1.165, 1.54) is 12.8 Å². The summed E-state index contributed by atoms with van der Waals surface area (Å²) in [6.45, 7) is 0.644. The Hall–Kier alpha value is -2.00. The lowest BCUT2D eigenvalue weighted by molar-refractivity contribution is 0.184. The van der Waals surface area contributed by atoms with Gasteiger partial charge in [0.15, 0.2) is 0 Å². The van der Waals surface area contributed by atoms with Crippen LogP contribution in [-0.4, -0.2) is 17.0 Å². The number of benzene rings is 2. The predicted molar refractivity (Wildman–Crippen MR) is 94.7 cm³/mol. The number of halogens is 1. The first-order valence-corrected chi connectivity index (χ1v) is 8.47. The third-order valence-corrected chi connectivity index (χ3v) is 4.57. The average Bonchev–Trinajstić information content (AvgIpc) is 3.10. The summed E-state index contributed by atoms with van der Waals surface area (Å²) in [5.74, 6) is 0. The number of carbonyl (C=O) groups is 1. The summed E-state index contributed by atoms with van der Waals surface area (Å²) in [6, 6.07) is 17.7. The smallest absolute Gasteiger partial charge is 0.317 e. The van der Waals surface area contributed by atoms with Gasteiger partial charge in [-0.25, -0.2) is 4.79 Å². The van der Waals surface area contributed by atoms with E-state index in [-0.39, 0.29) is 6.03 Å². The molecule has 0 spiro atoms. The van der Waals surface area contributed by atoms with Crippen molar-refractivity contribution >= 4 is 23.3 Å². The number of nitrogens with one attached hydrogen (secondary N) is 1. The van der Waals surface area contributed by atoms with Crippen LogP contribution in [0.5, 0.6) is 0 Å². The van der Waals surface area contributed by atoms with Gasteiger partial charge in [-0.2, -0.15) is 0 Å². The number of carbonyl (C=O) groups excluding carboxylic acids is 1. The minimum Gasteiger partial charge on any atom is -0.317 e. The first-order chi connectivity index (χ1) is 11.2. The molecule has 1 aliphatic carbocycles. The second-order valence-electron chi connectivity index (χ2n) is 5.99. The van der Waals surface area contributed by atoms with Gasteiger partial charge in [0.25, 0.3) is 0 Å². The van der Waals surface area contributed by atoms with E-state index < -0.39 is 0 Å². The Labute approximate surface area is 142 Å². The Kier molecular flexibility index (Phi) is 5.19. The van der Waals surface area contributed by atoms with Crippen LogP contribution >= 0.6 is 11.6 Å². The van der Waals surface area contributed by atoms with Crippen LogP contribution in [0, 0.1) is 0 Å². The van der Waals surface area contributed by atoms with Crippen molar-refractivity contribution < 1.29 is 4.79 Å². The Morgan fingerprint density at radius 1 is 1.04 bits per heavy atom. The molecule has 3 rings (SSSR count). The van der Waals surface area contributed by atoms with Crippen molar-refractivity contribution in [3.63, 3.8) is 0 Å². The van der Waals surface area contributed by atoms with Crippen LogP contribution in [0.2, 0.25) is 5.02 Å². The molecule has 1 saturated carbocycles. The van der Waals surface area contributed by atoms with Gasteiger partial charge in [0, 0.05) is 23.3 Å². The van der Waals surface area contributed by atoms with Crippen molar-refractivity contribution in [1.29, 1.82) is 0 Å². The van der Waals surface area contributed by atoms with E-state index in [0.717, 1.165) is 24.1 Å². The van der Waals surface area contributed by atoms with E-state index in [0.29, 0.717) is 17.6 Å². The molecule has 3 nitrogen and oxygen atoms in total. The molecule has 2 aromatic rings. The zero-order valence-corrected chi connectivity index (χ0v) is 13.8. The molecule has 23 heavy (non-hydrogen) atoms. The molecule has 0 aliphatic heterocycles. The Bertz CT molecular complexity index is 636. The summed E-state index contributed by atoms with van der Waals surface area (Å²) < 4.78 is 0. The normalized spacial score (nSPS) is 14.7. The largest absolute Gasteiger partial charge is 0.322 e. The van der Waals surface area contributed by atoms with E-state index in [2.05, 4.69) is 17.4 Å². The fraction of sp³-hybridized carbons (Fsp3) is 0.316. The highest BCUT2D eigenvalue weighted by Crippen LogP contribution is 2.26. The molecule has 120 valence electrons. The minimum atomic E-state index is -0.0388. The van der Waals surface area contributed by atoms with Crippen LogP contribution in [0.25, 0.3) is 0 Å². The Morgan fingerprint density at radius 2 is 1.70 bits per heavy atom. The molecule has 0 atom stereocenters. The number of hydrogen-bond acceptors (Lipinski definition) is 1. The second kappa shape index (κ2) is 7.51. The summed E-state index contributed by atoms with van der Waals surface area (Å²) >= 11 is 5.90. The summed E-state index contributed by atoms with van der Waals surface area (Å²) in [5, 5.41) is 3.66. The first-order valence-electron chi connectivity index (χ1n) is 8.09. The average molecular weight is 329 g/mol. The van der Waals surface area contributed by atoms with E-state index in [4.69, 9.17) is 11.6 Å². The van der Waals surface area contributed by atoms with Gasteiger partial charge in [0.05, 0.1) is 0 Å². The molecule has 0 bridgehead atoms. The Morgan fingerprint density at radius 3 is 2.35 bits per heavy atom. The van der Waals surface area contributed by atoms with E-state index >= 15 is 0 Å². The van der Waals surface area contributed by atoms with Gasteiger partial charge in [-0.05, 0) is 42.7 Å². The first kappa shape index (κ1) is 15.9. The van der Waals surface area contributed by atoms with Crippen molar-refractivity contribution in [3.8, 4) is 0 Å². The zero-order valence-electron chi connectivity index (χ0n) is 13.0. The lowest BCUT2D eigenvalue weighted by Gasteiger charge is -2.29. The van der Waals surface area contributed by atoms with Crippen LogP contribution in [0.15, 0.2) is 54.6 Å². The zero-order chi connectivity index (χ0) is 16.1. The molecule has 1 N–H and O–H groups in total. The van der Waals surface area contributed by atoms with Crippen LogP contribution in [0.3, 0.4) is 0 Å². The molecule has 2 amide bonds. The van der Waals surface area contributed by atoms with E-state index in [1.54, 1.807) is 12.1 Å². The highest BCUT2D eigenvalue weighted by atomic mass is 35.5.